The van der Waals surface area contributed by atoms with Crippen LogP contribution in [0.2, 0.25) is 5.02 Å². The zero-order valence-electron chi connectivity index (χ0n) is 14.8. The molecule has 2 aromatic carbocycles. The molecule has 7 heteroatoms. The van der Waals surface area contributed by atoms with Crippen molar-refractivity contribution in [3.8, 4) is 0 Å². The van der Waals surface area contributed by atoms with Gasteiger partial charge in [0.2, 0.25) is 11.8 Å². The molecule has 2 fully saturated rings. The first-order valence-electron chi connectivity index (χ1n) is 8.92. The van der Waals surface area contributed by atoms with Crippen LogP contribution in [0.5, 0.6) is 0 Å². The van der Waals surface area contributed by atoms with Crippen LogP contribution in [0, 0.1) is 5.41 Å². The average molecular weight is 413 g/mol. The monoisotopic (exact) mass is 412 g/mol. The van der Waals surface area contributed by atoms with Gasteiger partial charge in [-0.2, -0.15) is 0 Å². The molecule has 1 spiro atoms. The van der Waals surface area contributed by atoms with E-state index in [1.807, 2.05) is 30.3 Å². The molecule has 1 aliphatic carbocycles. The third-order valence-corrected chi connectivity index (χ3v) is 6.10. The molecule has 2 N–H and O–H groups in total. The number of halogens is 1. The van der Waals surface area contributed by atoms with Crippen LogP contribution in [0.25, 0.3) is 0 Å². The van der Waals surface area contributed by atoms with Gasteiger partial charge in [0.05, 0.1) is 0 Å². The molecule has 4 rings (SSSR count). The third-order valence-electron chi connectivity index (χ3n) is 5.64. The van der Waals surface area contributed by atoms with Crippen LogP contribution in [0.3, 0.4) is 0 Å². The van der Waals surface area contributed by atoms with Gasteiger partial charge in [0, 0.05) is 29.7 Å². The van der Waals surface area contributed by atoms with E-state index < -0.39 is 29.1 Å². The molecule has 2 aliphatic rings. The van der Waals surface area contributed by atoms with Crippen LogP contribution in [0.4, 0.5) is 0 Å². The summed E-state index contributed by atoms with van der Waals surface area (Å²) in [5.41, 5.74) is 0.00919. The van der Waals surface area contributed by atoms with Gasteiger partial charge in [-0.25, -0.2) is 0 Å². The summed E-state index contributed by atoms with van der Waals surface area (Å²) < 4.78 is 0. The Morgan fingerprint density at radius 1 is 0.821 bits per heavy atom. The normalized spacial score (nSPS) is 24.0. The van der Waals surface area contributed by atoms with Crippen molar-refractivity contribution in [2.24, 2.45) is 5.41 Å². The Kier molecular flexibility index (Phi) is 4.77. The molecule has 2 unspecified atom stereocenters. The molecule has 5 nitrogen and oxygen atoms in total. The molecule has 2 amide bonds. The minimum absolute atomic E-state index is 0.00757. The van der Waals surface area contributed by atoms with Gasteiger partial charge in [0.15, 0.2) is 5.11 Å². The van der Waals surface area contributed by atoms with E-state index in [4.69, 9.17) is 23.8 Å². The van der Waals surface area contributed by atoms with Gasteiger partial charge in [-0.1, -0.05) is 54.1 Å². The number of carbonyl (C=O) groups excluding carboxylic acids is 3. The fraction of sp³-hybridized carbons (Fsp3) is 0.238. The second-order valence-corrected chi connectivity index (χ2v) is 7.97. The highest BCUT2D eigenvalue weighted by atomic mass is 35.5. The van der Waals surface area contributed by atoms with E-state index in [0.717, 1.165) is 11.1 Å². The van der Waals surface area contributed by atoms with Gasteiger partial charge in [-0.05, 0) is 35.5 Å². The number of hydrogen-bond donors (Lipinski definition) is 2. The predicted octanol–water partition coefficient (Wildman–Crippen LogP) is 3.09. The lowest BCUT2D eigenvalue weighted by atomic mass is 9.54. The van der Waals surface area contributed by atoms with Crippen molar-refractivity contribution in [1.82, 2.24) is 10.6 Å². The summed E-state index contributed by atoms with van der Waals surface area (Å²) in [6, 6.07) is 16.1. The lowest BCUT2D eigenvalue weighted by Crippen LogP contribution is -2.67. The summed E-state index contributed by atoms with van der Waals surface area (Å²) >= 11 is 11.0. The lowest BCUT2D eigenvalue weighted by Gasteiger charge is -2.48. The molecule has 28 heavy (non-hydrogen) atoms. The molecular formula is C21H17ClN2O3S. The standard InChI is InChI=1S/C21H17ClN2O3S/c22-14-8-6-13(7-9-14)17-11-15(25)10-16(12-4-2-1-3-5-12)21(17)18(26)23-20(28)24-19(21)27/h1-9,16-17H,10-11H2,(H2,23,24,26,27,28). The number of rotatable bonds is 2. The average Bonchev–Trinajstić information content (AvgIpc) is 2.67. The maximum atomic E-state index is 13.3. The fourth-order valence-corrected chi connectivity index (χ4v) is 4.74. The molecular weight excluding hydrogens is 396 g/mol. The van der Waals surface area contributed by atoms with E-state index in [2.05, 4.69) is 10.6 Å². The van der Waals surface area contributed by atoms with Crippen LogP contribution >= 0.6 is 23.8 Å². The zero-order valence-corrected chi connectivity index (χ0v) is 16.3. The fourth-order valence-electron chi connectivity index (χ4n) is 4.43. The number of nitrogens with one attached hydrogen (secondary N) is 2. The Morgan fingerprint density at radius 2 is 1.32 bits per heavy atom. The van der Waals surface area contributed by atoms with Crippen molar-refractivity contribution in [3.63, 3.8) is 0 Å². The lowest BCUT2D eigenvalue weighted by molar-refractivity contribution is -0.150. The first-order chi connectivity index (χ1) is 13.4. The molecule has 1 heterocycles. The molecule has 0 aromatic heterocycles. The van der Waals surface area contributed by atoms with Crippen molar-refractivity contribution in [3.05, 3.63) is 70.7 Å². The predicted molar refractivity (Wildman–Crippen MR) is 109 cm³/mol. The summed E-state index contributed by atoms with van der Waals surface area (Å²) in [5.74, 6) is -2.16. The van der Waals surface area contributed by atoms with Crippen LogP contribution in [-0.4, -0.2) is 22.7 Å². The third kappa shape index (κ3) is 2.93. The SMILES string of the molecule is O=C1CC(c2ccccc2)C2(C(=O)NC(=S)NC2=O)C(c2ccc(Cl)cc2)C1. The minimum atomic E-state index is -1.48. The first kappa shape index (κ1) is 18.8. The largest absolute Gasteiger partial charge is 0.302 e. The van der Waals surface area contributed by atoms with E-state index in [-0.39, 0.29) is 23.7 Å². The van der Waals surface area contributed by atoms with E-state index >= 15 is 0 Å². The number of amides is 2. The molecule has 2 aromatic rings. The van der Waals surface area contributed by atoms with E-state index in [1.54, 1.807) is 24.3 Å². The highest BCUT2D eigenvalue weighted by Crippen LogP contribution is 2.55. The summed E-state index contributed by atoms with van der Waals surface area (Å²) in [5, 5.41) is 5.76. The highest BCUT2D eigenvalue weighted by molar-refractivity contribution is 7.80. The highest BCUT2D eigenvalue weighted by Gasteiger charge is 2.62. The minimum Gasteiger partial charge on any atom is -0.302 e. The Labute approximate surface area is 172 Å². The van der Waals surface area contributed by atoms with Gasteiger partial charge in [-0.15, -0.1) is 0 Å². The molecule has 1 saturated heterocycles. The smallest absolute Gasteiger partial charge is 0.243 e. The maximum absolute atomic E-state index is 13.3. The van der Waals surface area contributed by atoms with E-state index in [9.17, 15) is 14.4 Å². The molecule has 0 bridgehead atoms. The second kappa shape index (κ2) is 7.11. The van der Waals surface area contributed by atoms with E-state index in [0.29, 0.717) is 5.02 Å². The maximum Gasteiger partial charge on any atom is 0.243 e. The number of thiocarbonyl (C=S) groups is 1. The Balaban J connectivity index is 1.94. The molecule has 2 atom stereocenters. The Hall–Kier alpha value is -2.57. The van der Waals surface area contributed by atoms with Crippen LogP contribution in [-0.2, 0) is 14.4 Å². The van der Waals surface area contributed by atoms with Crippen LogP contribution in [0.1, 0.15) is 35.8 Å². The topological polar surface area (TPSA) is 75.3 Å². The summed E-state index contributed by atoms with van der Waals surface area (Å²) in [7, 11) is 0. The summed E-state index contributed by atoms with van der Waals surface area (Å²) in [4.78, 5) is 39.4. The van der Waals surface area contributed by atoms with Crippen molar-refractivity contribution in [1.29, 1.82) is 0 Å². The number of hydrogen-bond acceptors (Lipinski definition) is 4. The van der Waals surface area contributed by atoms with Gasteiger partial charge in [0.25, 0.3) is 0 Å². The van der Waals surface area contributed by atoms with Gasteiger partial charge in [0.1, 0.15) is 11.2 Å². The molecule has 1 aliphatic heterocycles. The van der Waals surface area contributed by atoms with Crippen LogP contribution < -0.4 is 10.6 Å². The molecule has 1 saturated carbocycles. The molecule has 0 radical (unpaired) electrons. The quantitative estimate of drug-likeness (QED) is 0.587. The Morgan fingerprint density at radius 3 is 1.86 bits per heavy atom. The van der Waals surface area contributed by atoms with Crippen molar-refractivity contribution < 1.29 is 14.4 Å². The van der Waals surface area contributed by atoms with Gasteiger partial charge >= 0.3 is 0 Å². The van der Waals surface area contributed by atoms with Crippen LogP contribution in [0.15, 0.2) is 54.6 Å². The number of carbonyl (C=O) groups is 3. The number of ketones is 1. The number of benzene rings is 2. The summed E-state index contributed by atoms with van der Waals surface area (Å²) in [6.45, 7) is 0. The molecule has 142 valence electrons. The Bertz CT molecular complexity index is 955. The van der Waals surface area contributed by atoms with Crippen molar-refractivity contribution in [2.75, 3.05) is 0 Å². The van der Waals surface area contributed by atoms with E-state index in [1.165, 1.54) is 0 Å². The van der Waals surface area contributed by atoms with Crippen molar-refractivity contribution >= 4 is 46.5 Å². The number of Topliss-reactive ketones (excluding diaryl/α,β-unsaturated/α-hetero) is 1. The van der Waals surface area contributed by atoms with Gasteiger partial charge < -0.3 is 10.6 Å². The first-order valence-corrected chi connectivity index (χ1v) is 9.70. The van der Waals surface area contributed by atoms with Gasteiger partial charge in [-0.3, -0.25) is 14.4 Å². The second-order valence-electron chi connectivity index (χ2n) is 7.12. The van der Waals surface area contributed by atoms with Crippen molar-refractivity contribution in [2.45, 2.75) is 24.7 Å². The zero-order chi connectivity index (χ0) is 19.9. The summed E-state index contributed by atoms with van der Waals surface area (Å²) in [6.07, 6.45) is 0.209.